The highest BCUT2D eigenvalue weighted by molar-refractivity contribution is 5.62. The summed E-state index contributed by atoms with van der Waals surface area (Å²) in [6, 6.07) is 0. The third kappa shape index (κ3) is 945. The standard InChI is InChI=1S/C5H12.C2H4O2.H3N/c1-5(2,3)4;1-2(3)4;/h1-4H3;1H3,(H,3,4);1H3. The summed E-state index contributed by atoms with van der Waals surface area (Å²) >= 11 is 0. The minimum absolute atomic E-state index is 0. The molecule has 0 unspecified atom stereocenters. The van der Waals surface area contributed by atoms with Crippen molar-refractivity contribution in [1.82, 2.24) is 6.15 Å². The van der Waals surface area contributed by atoms with Gasteiger partial charge in [-0.1, -0.05) is 27.7 Å². The quantitative estimate of drug-likeness (QED) is 0.555. The zero-order chi connectivity index (χ0) is 8.08. The van der Waals surface area contributed by atoms with Gasteiger partial charge >= 0.3 is 0 Å². The van der Waals surface area contributed by atoms with Gasteiger partial charge in [0, 0.05) is 6.92 Å². The molecule has 0 fully saturated rings. The van der Waals surface area contributed by atoms with Crippen molar-refractivity contribution in [1.29, 1.82) is 0 Å². The van der Waals surface area contributed by atoms with Crippen LogP contribution in [0.2, 0.25) is 0 Å². The average Bonchev–Trinajstić information content (AvgIpc) is 1.19. The number of rotatable bonds is 0. The molecule has 0 saturated heterocycles. The highest BCUT2D eigenvalue weighted by Crippen LogP contribution is 2.07. The van der Waals surface area contributed by atoms with Crippen LogP contribution in [0.15, 0.2) is 0 Å². The normalized spacial score (nSPS) is 8.50. The third-order valence-corrected chi connectivity index (χ3v) is 0. The maximum absolute atomic E-state index is 9.00. The summed E-state index contributed by atoms with van der Waals surface area (Å²) in [7, 11) is 0. The summed E-state index contributed by atoms with van der Waals surface area (Å²) in [5.41, 5.74) is 0.500. The van der Waals surface area contributed by atoms with Gasteiger partial charge in [-0.25, -0.2) is 0 Å². The van der Waals surface area contributed by atoms with Crippen LogP contribution in [0.1, 0.15) is 34.6 Å². The number of hydrogen-bond donors (Lipinski definition) is 2. The molecule has 0 aliphatic rings. The fraction of sp³-hybridized carbons (Fsp3) is 0.857. The minimum Gasteiger partial charge on any atom is -0.481 e. The molecule has 0 rings (SSSR count). The Bertz CT molecular complexity index is 74.1. The fourth-order valence-electron chi connectivity index (χ4n) is 0. The molecule has 0 bridgehead atoms. The topological polar surface area (TPSA) is 72.3 Å². The highest BCUT2D eigenvalue weighted by Gasteiger charge is 1.95. The van der Waals surface area contributed by atoms with Crippen LogP contribution in [-0.4, -0.2) is 11.1 Å². The first-order valence-corrected chi connectivity index (χ1v) is 2.93. The summed E-state index contributed by atoms with van der Waals surface area (Å²) in [5, 5.41) is 7.42. The molecule has 0 aromatic rings. The molecule has 0 aliphatic carbocycles. The van der Waals surface area contributed by atoms with Gasteiger partial charge < -0.3 is 11.3 Å². The molecular formula is C7H19NO2. The lowest BCUT2D eigenvalue weighted by Crippen LogP contribution is -1.93. The van der Waals surface area contributed by atoms with Crippen molar-refractivity contribution in [3.63, 3.8) is 0 Å². The number of aliphatic carboxylic acids is 1. The molecule has 10 heavy (non-hydrogen) atoms. The Hall–Kier alpha value is -0.570. The Morgan fingerprint density at radius 3 is 1.20 bits per heavy atom. The Balaban J connectivity index is -0.0000000910. The molecule has 0 radical (unpaired) electrons. The van der Waals surface area contributed by atoms with Crippen LogP contribution < -0.4 is 6.15 Å². The molecule has 0 amide bonds. The number of carbonyl (C=O) groups is 1. The summed E-state index contributed by atoms with van der Waals surface area (Å²) < 4.78 is 0. The molecule has 4 N–H and O–H groups in total. The van der Waals surface area contributed by atoms with Crippen LogP contribution in [0.4, 0.5) is 0 Å². The molecular weight excluding hydrogens is 130 g/mol. The molecule has 0 saturated carbocycles. The lowest BCUT2D eigenvalue weighted by Gasteiger charge is -2.05. The minimum atomic E-state index is -0.833. The maximum Gasteiger partial charge on any atom is 0.300 e. The zero-order valence-corrected chi connectivity index (χ0v) is 7.56. The summed E-state index contributed by atoms with van der Waals surface area (Å²) in [4.78, 5) is 9.00. The Morgan fingerprint density at radius 1 is 1.20 bits per heavy atom. The first kappa shape index (κ1) is 16.2. The van der Waals surface area contributed by atoms with Crippen molar-refractivity contribution >= 4 is 5.97 Å². The molecule has 3 nitrogen and oxygen atoms in total. The summed E-state index contributed by atoms with van der Waals surface area (Å²) in [6.07, 6.45) is 0. The third-order valence-electron chi connectivity index (χ3n) is 0. The van der Waals surface area contributed by atoms with Crippen LogP contribution >= 0.6 is 0 Å². The summed E-state index contributed by atoms with van der Waals surface area (Å²) in [5.74, 6) is -0.833. The van der Waals surface area contributed by atoms with Gasteiger partial charge in [0.05, 0.1) is 0 Å². The van der Waals surface area contributed by atoms with E-state index in [-0.39, 0.29) is 6.15 Å². The molecule has 0 aliphatic heterocycles. The van der Waals surface area contributed by atoms with Gasteiger partial charge in [-0.3, -0.25) is 4.79 Å². The van der Waals surface area contributed by atoms with E-state index >= 15 is 0 Å². The Kier molecular flexibility index (Phi) is 10.6. The second kappa shape index (κ2) is 6.55. The van der Waals surface area contributed by atoms with Gasteiger partial charge in [-0.05, 0) is 5.41 Å². The van der Waals surface area contributed by atoms with Gasteiger partial charge in [0.15, 0.2) is 0 Å². The SMILES string of the molecule is CC(=O)O.CC(C)(C)C.N. The van der Waals surface area contributed by atoms with E-state index in [0.29, 0.717) is 5.41 Å². The lowest BCUT2D eigenvalue weighted by atomic mass is 10.0. The maximum atomic E-state index is 9.00. The van der Waals surface area contributed by atoms with Crippen molar-refractivity contribution < 1.29 is 9.90 Å². The fourth-order valence-corrected chi connectivity index (χ4v) is 0. The van der Waals surface area contributed by atoms with Gasteiger partial charge in [0.2, 0.25) is 0 Å². The van der Waals surface area contributed by atoms with E-state index in [1.165, 1.54) is 0 Å². The average molecular weight is 149 g/mol. The predicted octanol–water partition coefficient (Wildman–Crippen LogP) is 2.31. The molecule has 0 atom stereocenters. The van der Waals surface area contributed by atoms with E-state index in [0.717, 1.165) is 6.92 Å². The van der Waals surface area contributed by atoms with Crippen molar-refractivity contribution in [2.75, 3.05) is 0 Å². The lowest BCUT2D eigenvalue weighted by molar-refractivity contribution is -0.134. The van der Waals surface area contributed by atoms with Crippen molar-refractivity contribution in [2.24, 2.45) is 5.41 Å². The first-order chi connectivity index (χ1) is 3.73. The summed E-state index contributed by atoms with van der Waals surface area (Å²) in [6.45, 7) is 9.83. The van der Waals surface area contributed by atoms with E-state index in [2.05, 4.69) is 27.7 Å². The second-order valence-corrected chi connectivity index (χ2v) is 3.52. The monoisotopic (exact) mass is 149 g/mol. The van der Waals surface area contributed by atoms with Crippen molar-refractivity contribution in [2.45, 2.75) is 34.6 Å². The number of carboxylic acids is 1. The van der Waals surface area contributed by atoms with Crippen LogP contribution in [0.25, 0.3) is 0 Å². The van der Waals surface area contributed by atoms with E-state index in [1.54, 1.807) is 0 Å². The molecule has 3 heteroatoms. The molecule has 0 spiro atoms. The van der Waals surface area contributed by atoms with E-state index < -0.39 is 5.97 Å². The highest BCUT2D eigenvalue weighted by atomic mass is 16.4. The van der Waals surface area contributed by atoms with Gasteiger partial charge in [-0.15, -0.1) is 0 Å². The van der Waals surface area contributed by atoms with Crippen LogP contribution in [0.5, 0.6) is 0 Å². The van der Waals surface area contributed by atoms with E-state index in [9.17, 15) is 0 Å². The molecule has 64 valence electrons. The zero-order valence-electron chi connectivity index (χ0n) is 7.56. The van der Waals surface area contributed by atoms with Gasteiger partial charge in [0.1, 0.15) is 0 Å². The molecule has 0 heterocycles. The largest absolute Gasteiger partial charge is 0.481 e. The number of hydrogen-bond acceptors (Lipinski definition) is 2. The Morgan fingerprint density at radius 2 is 1.20 bits per heavy atom. The predicted molar refractivity (Wildman–Crippen MR) is 43.5 cm³/mol. The first-order valence-electron chi connectivity index (χ1n) is 2.93. The molecule has 0 aromatic carbocycles. The van der Waals surface area contributed by atoms with Crippen LogP contribution in [0, 0.1) is 5.41 Å². The van der Waals surface area contributed by atoms with E-state index in [1.807, 2.05) is 0 Å². The van der Waals surface area contributed by atoms with Crippen LogP contribution in [0.3, 0.4) is 0 Å². The number of carboxylic acid groups (broad SMARTS) is 1. The van der Waals surface area contributed by atoms with Gasteiger partial charge in [0.25, 0.3) is 5.97 Å². The van der Waals surface area contributed by atoms with Crippen molar-refractivity contribution in [3.8, 4) is 0 Å². The van der Waals surface area contributed by atoms with Gasteiger partial charge in [-0.2, -0.15) is 0 Å². The van der Waals surface area contributed by atoms with Crippen LogP contribution in [-0.2, 0) is 4.79 Å². The smallest absolute Gasteiger partial charge is 0.300 e. The van der Waals surface area contributed by atoms with Crippen molar-refractivity contribution in [3.05, 3.63) is 0 Å². The Labute approximate surface area is 63.0 Å². The van der Waals surface area contributed by atoms with E-state index in [4.69, 9.17) is 9.90 Å². The second-order valence-electron chi connectivity index (χ2n) is 3.52. The molecule has 0 aromatic heterocycles.